The van der Waals surface area contributed by atoms with Crippen molar-refractivity contribution in [1.29, 1.82) is 0 Å². The molecule has 1 aromatic carbocycles. The number of rotatable bonds is 2. The first-order valence-corrected chi connectivity index (χ1v) is 8.55. The van der Waals surface area contributed by atoms with E-state index in [1.54, 1.807) is 0 Å². The topological polar surface area (TPSA) is 38.5 Å². The summed E-state index contributed by atoms with van der Waals surface area (Å²) in [5.74, 6) is 0. The van der Waals surface area contributed by atoms with Gasteiger partial charge in [-0.05, 0) is 56.2 Å². The van der Waals surface area contributed by atoms with Crippen LogP contribution in [0.4, 0.5) is 11.4 Å². The van der Waals surface area contributed by atoms with Gasteiger partial charge in [0.2, 0.25) is 0 Å². The van der Waals surface area contributed by atoms with Crippen molar-refractivity contribution in [3.8, 4) is 0 Å². The van der Waals surface area contributed by atoms with E-state index in [0.29, 0.717) is 6.10 Å². The van der Waals surface area contributed by atoms with E-state index in [9.17, 15) is 0 Å². The summed E-state index contributed by atoms with van der Waals surface area (Å²) in [4.78, 5) is 2.51. The van der Waals surface area contributed by atoms with Crippen LogP contribution in [0.15, 0.2) is 18.2 Å². The molecule has 0 radical (unpaired) electrons. The summed E-state index contributed by atoms with van der Waals surface area (Å²) < 4.78 is 6.48. The molecule has 2 aliphatic heterocycles. The summed E-state index contributed by atoms with van der Waals surface area (Å²) in [5, 5.41) is 0. The van der Waals surface area contributed by atoms with E-state index >= 15 is 0 Å². The fraction of sp³-hybridized carbons (Fsp3) is 0.667. The van der Waals surface area contributed by atoms with E-state index in [2.05, 4.69) is 17.0 Å². The fourth-order valence-electron chi connectivity index (χ4n) is 4.51. The van der Waals surface area contributed by atoms with Crippen LogP contribution in [-0.4, -0.2) is 24.8 Å². The minimum atomic E-state index is 0.249. The first kappa shape index (κ1) is 13.4. The summed E-state index contributed by atoms with van der Waals surface area (Å²) in [7, 11) is 0. The number of ether oxygens (including phenoxy) is 1. The van der Waals surface area contributed by atoms with E-state index in [4.69, 9.17) is 10.5 Å². The Hall–Kier alpha value is -1.22. The lowest BCUT2D eigenvalue weighted by Crippen LogP contribution is -2.37. The van der Waals surface area contributed by atoms with Crippen LogP contribution in [0.2, 0.25) is 0 Å². The van der Waals surface area contributed by atoms with E-state index < -0.39 is 0 Å². The second-order valence-electron chi connectivity index (χ2n) is 7.11. The number of hydrogen-bond donors (Lipinski definition) is 1. The average molecular weight is 286 g/mol. The van der Waals surface area contributed by atoms with Gasteiger partial charge in [0, 0.05) is 24.5 Å². The van der Waals surface area contributed by atoms with Gasteiger partial charge in [0.15, 0.2) is 0 Å². The second-order valence-corrected chi connectivity index (χ2v) is 7.11. The highest BCUT2D eigenvalue weighted by molar-refractivity contribution is 5.62. The van der Waals surface area contributed by atoms with Gasteiger partial charge in [0.05, 0.1) is 11.7 Å². The molecule has 1 aromatic rings. The highest BCUT2D eigenvalue weighted by Crippen LogP contribution is 2.43. The van der Waals surface area contributed by atoms with Crippen molar-refractivity contribution >= 4 is 11.4 Å². The van der Waals surface area contributed by atoms with Crippen molar-refractivity contribution in [2.24, 2.45) is 0 Å². The average Bonchev–Trinajstić information content (AvgIpc) is 3.10. The van der Waals surface area contributed by atoms with Crippen molar-refractivity contribution < 1.29 is 4.74 Å². The van der Waals surface area contributed by atoms with Crippen LogP contribution in [0, 0.1) is 0 Å². The number of nitrogen functional groups attached to an aromatic ring is 1. The minimum absolute atomic E-state index is 0.249. The van der Waals surface area contributed by atoms with E-state index in [-0.39, 0.29) is 5.60 Å². The van der Waals surface area contributed by atoms with Gasteiger partial charge < -0.3 is 15.4 Å². The van der Waals surface area contributed by atoms with Crippen molar-refractivity contribution in [3.05, 3.63) is 23.8 Å². The van der Waals surface area contributed by atoms with E-state index in [1.807, 2.05) is 6.07 Å². The maximum atomic E-state index is 6.48. The zero-order valence-electron chi connectivity index (χ0n) is 12.8. The van der Waals surface area contributed by atoms with Gasteiger partial charge in [-0.1, -0.05) is 18.9 Å². The molecule has 0 aromatic heterocycles. The number of nitrogens with zero attached hydrogens (tertiary/aromatic N) is 1. The molecule has 4 rings (SSSR count). The molecule has 1 saturated carbocycles. The quantitative estimate of drug-likeness (QED) is 0.846. The number of nitrogens with two attached hydrogens (primary N) is 1. The molecule has 21 heavy (non-hydrogen) atoms. The number of anilines is 2. The van der Waals surface area contributed by atoms with Gasteiger partial charge in [-0.15, -0.1) is 0 Å². The molecular formula is C18H26N2O. The zero-order valence-corrected chi connectivity index (χ0v) is 12.8. The number of aryl methyl sites for hydroxylation is 1. The molecule has 1 atom stereocenters. The van der Waals surface area contributed by atoms with Gasteiger partial charge in [0.25, 0.3) is 0 Å². The Balaban J connectivity index is 1.48. The van der Waals surface area contributed by atoms with Gasteiger partial charge in [0.1, 0.15) is 0 Å². The van der Waals surface area contributed by atoms with Gasteiger partial charge in [-0.2, -0.15) is 0 Å². The highest BCUT2D eigenvalue weighted by atomic mass is 16.5. The van der Waals surface area contributed by atoms with Crippen LogP contribution in [-0.2, 0) is 11.2 Å². The van der Waals surface area contributed by atoms with E-state index in [1.165, 1.54) is 62.6 Å². The van der Waals surface area contributed by atoms with Gasteiger partial charge >= 0.3 is 0 Å². The molecule has 1 aliphatic carbocycles. The van der Waals surface area contributed by atoms with Crippen LogP contribution in [0.25, 0.3) is 0 Å². The Morgan fingerprint density at radius 3 is 2.90 bits per heavy atom. The summed E-state index contributed by atoms with van der Waals surface area (Å²) >= 11 is 0. The lowest BCUT2D eigenvalue weighted by Gasteiger charge is -2.34. The maximum absolute atomic E-state index is 6.48. The third kappa shape index (κ3) is 2.52. The Kier molecular flexibility index (Phi) is 3.33. The lowest BCUT2D eigenvalue weighted by molar-refractivity contribution is -0.0328. The van der Waals surface area contributed by atoms with Crippen molar-refractivity contribution in [3.63, 3.8) is 0 Å². The molecule has 3 heteroatoms. The molecule has 2 N–H and O–H groups in total. The molecule has 3 nitrogen and oxygen atoms in total. The van der Waals surface area contributed by atoms with Crippen molar-refractivity contribution in [2.75, 3.05) is 23.7 Å². The zero-order chi connectivity index (χ0) is 14.3. The normalized spacial score (nSPS) is 27.2. The summed E-state index contributed by atoms with van der Waals surface area (Å²) in [6, 6.07) is 6.38. The van der Waals surface area contributed by atoms with Gasteiger partial charge in [-0.25, -0.2) is 0 Å². The summed E-state index contributed by atoms with van der Waals surface area (Å²) in [6.45, 7) is 2.18. The molecule has 114 valence electrons. The second kappa shape index (κ2) is 5.20. The van der Waals surface area contributed by atoms with Crippen LogP contribution in [0.1, 0.15) is 50.5 Å². The summed E-state index contributed by atoms with van der Waals surface area (Å²) in [5.41, 5.74) is 9.91. The highest BCUT2D eigenvalue weighted by Gasteiger charge is 2.42. The number of hydrogen-bond acceptors (Lipinski definition) is 3. The fourth-order valence-corrected chi connectivity index (χ4v) is 4.51. The lowest BCUT2D eigenvalue weighted by atomic mass is 9.98. The van der Waals surface area contributed by atoms with E-state index in [0.717, 1.165) is 18.8 Å². The molecule has 2 heterocycles. The first-order valence-electron chi connectivity index (χ1n) is 8.55. The van der Waals surface area contributed by atoms with Crippen LogP contribution < -0.4 is 10.6 Å². The number of fused-ring (bicyclic) bond motifs is 1. The standard InChI is InChI=1S/C18H26N2O/c19-15-6-5-14-4-3-11-20(17(14)12-15)13-16-7-10-18(21-16)8-1-2-9-18/h5-6,12,16H,1-4,7-11,13,19H2. The molecule has 0 amide bonds. The molecule has 1 unspecified atom stereocenters. The third-order valence-corrected chi connectivity index (χ3v) is 5.60. The Morgan fingerprint density at radius 2 is 2.05 bits per heavy atom. The van der Waals surface area contributed by atoms with Crippen LogP contribution >= 0.6 is 0 Å². The van der Waals surface area contributed by atoms with Crippen LogP contribution in [0.5, 0.6) is 0 Å². The molecular weight excluding hydrogens is 260 g/mol. The molecule has 2 fully saturated rings. The monoisotopic (exact) mass is 286 g/mol. The first-order chi connectivity index (χ1) is 10.2. The Bertz CT molecular complexity index is 522. The molecule has 1 saturated heterocycles. The Morgan fingerprint density at radius 1 is 1.19 bits per heavy atom. The predicted octanol–water partition coefficient (Wildman–Crippen LogP) is 3.51. The van der Waals surface area contributed by atoms with Crippen molar-refractivity contribution in [2.45, 2.75) is 63.1 Å². The molecule has 3 aliphatic rings. The largest absolute Gasteiger partial charge is 0.399 e. The summed E-state index contributed by atoms with van der Waals surface area (Å²) in [6.07, 6.45) is 10.6. The Labute approximate surface area is 127 Å². The smallest absolute Gasteiger partial charge is 0.0758 e. The third-order valence-electron chi connectivity index (χ3n) is 5.60. The van der Waals surface area contributed by atoms with Gasteiger partial charge in [-0.3, -0.25) is 0 Å². The number of benzene rings is 1. The van der Waals surface area contributed by atoms with Crippen LogP contribution in [0.3, 0.4) is 0 Å². The minimum Gasteiger partial charge on any atom is -0.399 e. The molecule has 0 bridgehead atoms. The SMILES string of the molecule is Nc1ccc2c(c1)N(CC1CCC3(CCCC3)O1)CCC2. The predicted molar refractivity (Wildman–Crippen MR) is 86.7 cm³/mol. The maximum Gasteiger partial charge on any atom is 0.0758 e. The van der Waals surface area contributed by atoms with Crippen molar-refractivity contribution in [1.82, 2.24) is 0 Å². The molecule has 1 spiro atoms.